The van der Waals surface area contributed by atoms with Crippen molar-refractivity contribution in [3.05, 3.63) is 12.2 Å². The lowest BCUT2D eigenvalue weighted by atomic mass is 10.3. The van der Waals surface area contributed by atoms with Gasteiger partial charge in [-0.1, -0.05) is 20.4 Å². The first kappa shape index (κ1) is 11.6. The molecule has 0 atom stereocenters. The van der Waals surface area contributed by atoms with Crippen LogP contribution in [0.5, 0.6) is 0 Å². The second-order valence-electron chi connectivity index (χ2n) is 2.96. The number of hydrogen-bond acceptors (Lipinski definition) is 2. The summed E-state index contributed by atoms with van der Waals surface area (Å²) in [6, 6.07) is 0. The van der Waals surface area contributed by atoms with Crippen LogP contribution in [0.2, 0.25) is 0 Å². The Morgan fingerprint density at radius 2 is 2.17 bits per heavy atom. The molecule has 0 saturated carbocycles. The minimum absolute atomic E-state index is 0.0423. The van der Waals surface area contributed by atoms with E-state index in [1.807, 2.05) is 11.8 Å². The predicted molar refractivity (Wildman–Crippen MR) is 55.4 cm³/mol. The zero-order valence-electron chi connectivity index (χ0n) is 8.02. The van der Waals surface area contributed by atoms with E-state index in [-0.39, 0.29) is 5.91 Å². The van der Waals surface area contributed by atoms with Crippen LogP contribution in [0, 0.1) is 0 Å². The largest absolute Gasteiger partial charge is 0.352 e. The molecule has 70 valence electrons. The molecule has 0 saturated heterocycles. The lowest BCUT2D eigenvalue weighted by Gasteiger charge is -2.05. The number of carbonyl (C=O) groups is 1. The Kier molecular flexibility index (Phi) is 5.89. The van der Waals surface area contributed by atoms with Crippen molar-refractivity contribution in [3.63, 3.8) is 0 Å². The van der Waals surface area contributed by atoms with Crippen molar-refractivity contribution in [2.75, 3.05) is 12.3 Å². The molecule has 0 fully saturated rings. The Balaban J connectivity index is 3.32. The first-order chi connectivity index (χ1) is 5.54. The minimum atomic E-state index is -0.0423. The van der Waals surface area contributed by atoms with E-state index in [1.165, 1.54) is 0 Å². The fourth-order valence-electron chi connectivity index (χ4n) is 0.610. The van der Waals surface area contributed by atoms with E-state index in [4.69, 9.17) is 0 Å². The first-order valence-corrected chi connectivity index (χ1v) is 5.14. The van der Waals surface area contributed by atoms with Crippen LogP contribution in [0.3, 0.4) is 0 Å². The average molecular weight is 187 g/mol. The summed E-state index contributed by atoms with van der Waals surface area (Å²) in [5, 5.41) is 3.41. The number of nitrogens with one attached hydrogen (secondary N) is 1. The van der Waals surface area contributed by atoms with Crippen molar-refractivity contribution < 1.29 is 4.79 Å². The first-order valence-electron chi connectivity index (χ1n) is 4.09. The lowest BCUT2D eigenvalue weighted by Crippen LogP contribution is -2.26. The summed E-state index contributed by atoms with van der Waals surface area (Å²) in [5.74, 6) is 0.927. The number of rotatable bonds is 5. The van der Waals surface area contributed by atoms with Gasteiger partial charge >= 0.3 is 0 Å². The molecule has 0 bridgehead atoms. The monoisotopic (exact) mass is 187 g/mol. The molecular weight excluding hydrogens is 170 g/mol. The van der Waals surface area contributed by atoms with Crippen molar-refractivity contribution in [2.45, 2.75) is 26.0 Å². The Labute approximate surface area is 78.8 Å². The van der Waals surface area contributed by atoms with Crippen LogP contribution in [0.25, 0.3) is 0 Å². The molecule has 0 unspecified atom stereocenters. The Morgan fingerprint density at radius 1 is 1.58 bits per heavy atom. The summed E-state index contributed by atoms with van der Waals surface area (Å²) in [7, 11) is 0. The molecule has 0 aliphatic carbocycles. The van der Waals surface area contributed by atoms with E-state index < -0.39 is 0 Å². The van der Waals surface area contributed by atoms with Crippen molar-refractivity contribution in [1.29, 1.82) is 0 Å². The molecule has 0 aromatic carbocycles. The smallest absolute Gasteiger partial charge is 0.246 e. The molecule has 0 spiro atoms. The van der Waals surface area contributed by atoms with Crippen molar-refractivity contribution in [2.24, 2.45) is 0 Å². The van der Waals surface area contributed by atoms with Crippen LogP contribution >= 0.6 is 11.8 Å². The molecule has 0 rings (SSSR count). The fraction of sp³-hybridized carbons (Fsp3) is 0.667. The molecule has 1 N–H and O–H groups in total. The van der Waals surface area contributed by atoms with Crippen molar-refractivity contribution in [1.82, 2.24) is 5.32 Å². The van der Waals surface area contributed by atoms with Gasteiger partial charge in [-0.3, -0.25) is 4.79 Å². The Bertz CT molecular complexity index is 166. The summed E-state index contributed by atoms with van der Waals surface area (Å²) >= 11 is 1.84. The van der Waals surface area contributed by atoms with Gasteiger partial charge in [0.2, 0.25) is 5.91 Å². The van der Waals surface area contributed by atoms with E-state index in [1.54, 1.807) is 6.92 Å². The van der Waals surface area contributed by atoms with Crippen LogP contribution in [0.15, 0.2) is 12.2 Å². The molecule has 0 radical (unpaired) electrons. The molecule has 0 heterocycles. The summed E-state index contributed by atoms with van der Waals surface area (Å²) in [5.41, 5.74) is 0.574. The Morgan fingerprint density at radius 3 is 2.58 bits per heavy atom. The highest BCUT2D eigenvalue weighted by molar-refractivity contribution is 7.99. The third-order valence-corrected chi connectivity index (χ3v) is 2.33. The molecule has 12 heavy (non-hydrogen) atoms. The zero-order valence-corrected chi connectivity index (χ0v) is 8.83. The third-order valence-electron chi connectivity index (χ3n) is 1.23. The van der Waals surface area contributed by atoms with E-state index in [9.17, 15) is 4.79 Å². The van der Waals surface area contributed by atoms with Crippen molar-refractivity contribution >= 4 is 17.7 Å². The minimum Gasteiger partial charge on any atom is -0.352 e. The van der Waals surface area contributed by atoms with Gasteiger partial charge in [0.25, 0.3) is 0 Å². The van der Waals surface area contributed by atoms with Crippen molar-refractivity contribution in [3.8, 4) is 0 Å². The summed E-state index contributed by atoms with van der Waals surface area (Å²) in [6.07, 6.45) is 0. The summed E-state index contributed by atoms with van der Waals surface area (Å²) < 4.78 is 0. The van der Waals surface area contributed by atoms with Gasteiger partial charge in [-0.05, 0) is 12.2 Å². The number of carbonyl (C=O) groups excluding carboxylic acids is 1. The highest BCUT2D eigenvalue weighted by Gasteiger charge is 1.99. The van der Waals surface area contributed by atoms with Gasteiger partial charge < -0.3 is 5.32 Å². The maximum atomic E-state index is 11.0. The zero-order chi connectivity index (χ0) is 9.56. The molecular formula is C9H17NOS. The molecule has 2 nitrogen and oxygen atoms in total. The normalized spacial score (nSPS) is 10.0. The maximum absolute atomic E-state index is 11.0. The van der Waals surface area contributed by atoms with Crippen LogP contribution in [0.1, 0.15) is 20.8 Å². The molecule has 0 aliphatic rings. The van der Waals surface area contributed by atoms with Gasteiger partial charge in [0, 0.05) is 17.9 Å². The molecule has 1 amide bonds. The number of hydrogen-bond donors (Lipinski definition) is 1. The van der Waals surface area contributed by atoms with E-state index in [2.05, 4.69) is 25.7 Å². The second-order valence-corrected chi connectivity index (χ2v) is 4.64. The van der Waals surface area contributed by atoms with E-state index in [0.29, 0.717) is 10.8 Å². The van der Waals surface area contributed by atoms with E-state index in [0.717, 1.165) is 12.3 Å². The number of thioether (sulfide) groups is 1. The van der Waals surface area contributed by atoms with E-state index >= 15 is 0 Å². The molecule has 0 aromatic rings. The van der Waals surface area contributed by atoms with Crippen LogP contribution in [-0.2, 0) is 4.79 Å². The van der Waals surface area contributed by atoms with Gasteiger partial charge in [0.1, 0.15) is 0 Å². The topological polar surface area (TPSA) is 29.1 Å². The summed E-state index contributed by atoms with van der Waals surface area (Å²) in [6.45, 7) is 10.3. The maximum Gasteiger partial charge on any atom is 0.246 e. The summed E-state index contributed by atoms with van der Waals surface area (Å²) in [4.78, 5) is 11.0. The van der Waals surface area contributed by atoms with Gasteiger partial charge in [-0.15, -0.1) is 0 Å². The third kappa shape index (κ3) is 6.28. The van der Waals surface area contributed by atoms with Crippen LogP contribution in [-0.4, -0.2) is 23.5 Å². The molecule has 0 aromatic heterocycles. The Hall–Kier alpha value is -0.440. The fourth-order valence-corrected chi connectivity index (χ4v) is 1.30. The average Bonchev–Trinajstić information content (AvgIpc) is 1.97. The second kappa shape index (κ2) is 6.12. The SMILES string of the molecule is C=C(C)C(=O)NCCSC(C)C. The predicted octanol–water partition coefficient (Wildman–Crippen LogP) is 1.82. The highest BCUT2D eigenvalue weighted by Crippen LogP contribution is 2.06. The van der Waals surface area contributed by atoms with Gasteiger partial charge in [0.05, 0.1) is 0 Å². The molecule has 0 aliphatic heterocycles. The standard InChI is InChI=1S/C9H17NOS/c1-7(2)9(11)10-5-6-12-8(3)4/h8H,1,5-6H2,2-4H3,(H,10,11). The molecule has 3 heteroatoms. The van der Waals surface area contributed by atoms with Gasteiger partial charge in [-0.2, -0.15) is 11.8 Å². The quantitative estimate of drug-likeness (QED) is 0.525. The lowest BCUT2D eigenvalue weighted by molar-refractivity contribution is -0.117. The number of amides is 1. The van der Waals surface area contributed by atoms with Crippen LogP contribution in [0.4, 0.5) is 0 Å². The van der Waals surface area contributed by atoms with Crippen LogP contribution < -0.4 is 5.32 Å². The van der Waals surface area contributed by atoms with Gasteiger partial charge in [0.15, 0.2) is 0 Å². The van der Waals surface area contributed by atoms with Gasteiger partial charge in [-0.25, -0.2) is 0 Å². The highest BCUT2D eigenvalue weighted by atomic mass is 32.2.